The van der Waals surface area contributed by atoms with Crippen molar-refractivity contribution in [3.05, 3.63) is 29.3 Å². The number of rotatable bonds is 2. The third kappa shape index (κ3) is 2.05. The van der Waals surface area contributed by atoms with Crippen LogP contribution < -0.4 is 5.46 Å². The van der Waals surface area contributed by atoms with Gasteiger partial charge < -0.3 is 10.1 Å². The highest BCUT2D eigenvalue weighted by Gasteiger charge is 2.14. The summed E-state index contributed by atoms with van der Waals surface area (Å²) in [7, 11) is -0.549. The van der Waals surface area contributed by atoms with Gasteiger partial charge in [0.05, 0.1) is 6.10 Å². The summed E-state index contributed by atoms with van der Waals surface area (Å²) in [6.07, 6.45) is -0.993. The first-order valence-electron chi connectivity index (χ1n) is 3.83. The molecule has 2 nitrogen and oxygen atoms in total. The zero-order chi connectivity index (χ0) is 10.0. The second kappa shape index (κ2) is 3.85. The van der Waals surface area contributed by atoms with E-state index in [4.69, 9.17) is 10.1 Å². The van der Waals surface area contributed by atoms with Gasteiger partial charge in [0.15, 0.2) is 0 Å². The molecule has 1 atom stereocenters. The molecule has 1 aromatic rings. The first-order valence-corrected chi connectivity index (χ1v) is 3.83. The largest absolute Gasteiger partial charge is 0.449 e. The Balaban J connectivity index is 3.29. The van der Waals surface area contributed by atoms with Gasteiger partial charge in [-0.25, -0.2) is 8.78 Å². The monoisotopic (exact) mass is 186 g/mol. The number of aliphatic hydroxyl groups excluding tert-OH is 1. The Labute approximate surface area is 75.1 Å². The lowest BCUT2D eigenvalue weighted by molar-refractivity contribution is 0.199. The molecular formula is C8H9BF2O2. The lowest BCUT2D eigenvalue weighted by Crippen LogP contribution is -2.25. The highest BCUT2D eigenvalue weighted by molar-refractivity contribution is 6.46. The highest BCUT2D eigenvalue weighted by atomic mass is 19.1. The van der Waals surface area contributed by atoms with Gasteiger partial charge in [-0.05, 0) is 24.0 Å². The quantitative estimate of drug-likeness (QED) is 0.637. The van der Waals surface area contributed by atoms with Gasteiger partial charge in [-0.2, -0.15) is 0 Å². The van der Waals surface area contributed by atoms with Gasteiger partial charge in [0.2, 0.25) is 0 Å². The van der Waals surface area contributed by atoms with Gasteiger partial charge in [0.1, 0.15) is 11.6 Å². The third-order valence-electron chi connectivity index (χ3n) is 1.80. The van der Waals surface area contributed by atoms with Crippen LogP contribution in [0, 0.1) is 11.6 Å². The molecule has 0 aliphatic rings. The van der Waals surface area contributed by atoms with Crippen molar-refractivity contribution in [3.63, 3.8) is 0 Å². The summed E-state index contributed by atoms with van der Waals surface area (Å²) in [5.74, 6) is -1.59. The maximum atomic E-state index is 13.0. The number of hydrogen-bond acceptors (Lipinski definition) is 2. The highest BCUT2D eigenvalue weighted by Crippen LogP contribution is 2.12. The number of halogens is 2. The summed E-state index contributed by atoms with van der Waals surface area (Å²) in [5.41, 5.74) is 0.0244. The topological polar surface area (TPSA) is 40.5 Å². The van der Waals surface area contributed by atoms with Gasteiger partial charge in [-0.3, -0.25) is 0 Å². The molecular weight excluding hydrogens is 177 g/mol. The van der Waals surface area contributed by atoms with E-state index in [0.29, 0.717) is 6.07 Å². The second-order valence-corrected chi connectivity index (χ2v) is 2.79. The van der Waals surface area contributed by atoms with Crippen molar-refractivity contribution in [3.8, 4) is 0 Å². The van der Waals surface area contributed by atoms with Crippen LogP contribution in [-0.2, 0) is 0 Å². The van der Waals surface area contributed by atoms with E-state index in [-0.39, 0.29) is 11.0 Å². The Kier molecular flexibility index (Phi) is 3.00. The molecule has 0 aliphatic heterocycles. The van der Waals surface area contributed by atoms with Crippen LogP contribution in [0.15, 0.2) is 12.1 Å². The van der Waals surface area contributed by atoms with Gasteiger partial charge in [0, 0.05) is 6.07 Å². The summed E-state index contributed by atoms with van der Waals surface area (Å²) < 4.78 is 25.6. The molecule has 70 valence electrons. The molecule has 0 radical (unpaired) electrons. The molecule has 0 spiro atoms. The molecule has 0 aliphatic carbocycles. The molecule has 13 heavy (non-hydrogen) atoms. The van der Waals surface area contributed by atoms with E-state index >= 15 is 0 Å². The Bertz CT molecular complexity index is 315. The molecule has 0 heterocycles. The summed E-state index contributed by atoms with van der Waals surface area (Å²) in [6.45, 7) is 1.38. The average Bonchev–Trinajstić information content (AvgIpc) is 2.02. The van der Waals surface area contributed by atoms with E-state index in [1.165, 1.54) is 6.92 Å². The fraction of sp³-hybridized carbons (Fsp3) is 0.250. The Hall–Kier alpha value is -0.935. The Morgan fingerprint density at radius 3 is 2.46 bits per heavy atom. The predicted molar refractivity (Wildman–Crippen MR) is 46.0 cm³/mol. The van der Waals surface area contributed by atoms with E-state index in [2.05, 4.69) is 0 Å². The molecule has 5 heteroatoms. The maximum Gasteiger partial charge on any atom is 0.308 e. The van der Waals surface area contributed by atoms with Crippen LogP contribution in [0.25, 0.3) is 0 Å². The van der Waals surface area contributed by atoms with Crippen LogP contribution >= 0.6 is 0 Å². The van der Waals surface area contributed by atoms with Gasteiger partial charge in [-0.1, -0.05) is 0 Å². The zero-order valence-electron chi connectivity index (χ0n) is 7.09. The Morgan fingerprint density at radius 1 is 1.38 bits per heavy atom. The molecule has 0 fully saturated rings. The van der Waals surface area contributed by atoms with Gasteiger partial charge >= 0.3 is 7.48 Å². The summed E-state index contributed by atoms with van der Waals surface area (Å²) in [5, 5.41) is 17.9. The van der Waals surface area contributed by atoms with Gasteiger partial charge in [0.25, 0.3) is 0 Å². The maximum absolute atomic E-state index is 13.0. The van der Waals surface area contributed by atoms with E-state index in [9.17, 15) is 8.78 Å². The Morgan fingerprint density at radius 2 is 2.00 bits per heavy atom. The average molecular weight is 186 g/mol. The van der Waals surface area contributed by atoms with E-state index < -0.39 is 25.2 Å². The van der Waals surface area contributed by atoms with Crippen molar-refractivity contribution < 1.29 is 18.9 Å². The van der Waals surface area contributed by atoms with Crippen molar-refractivity contribution in [1.29, 1.82) is 0 Å². The van der Waals surface area contributed by atoms with Crippen LogP contribution in [0.2, 0.25) is 0 Å². The molecule has 1 unspecified atom stereocenters. The fourth-order valence-electron chi connectivity index (χ4n) is 1.16. The minimum Gasteiger partial charge on any atom is -0.449 e. The predicted octanol–water partition coefficient (Wildman–Crippen LogP) is -0.0128. The second-order valence-electron chi connectivity index (χ2n) is 2.79. The van der Waals surface area contributed by atoms with Crippen molar-refractivity contribution in [2.24, 2.45) is 0 Å². The van der Waals surface area contributed by atoms with Crippen LogP contribution in [0.4, 0.5) is 8.78 Å². The number of hydrogen-bond donors (Lipinski definition) is 2. The minimum absolute atomic E-state index is 0.0589. The molecule has 0 aromatic heterocycles. The van der Waals surface area contributed by atoms with Gasteiger partial charge in [-0.15, -0.1) is 0 Å². The molecule has 0 bridgehead atoms. The summed E-state index contributed by atoms with van der Waals surface area (Å²) in [6, 6.07) is 1.69. The normalized spacial score (nSPS) is 12.7. The van der Waals surface area contributed by atoms with Crippen molar-refractivity contribution in [2.45, 2.75) is 13.0 Å². The van der Waals surface area contributed by atoms with Crippen LogP contribution in [-0.4, -0.2) is 17.6 Å². The smallest absolute Gasteiger partial charge is 0.308 e. The van der Waals surface area contributed by atoms with Crippen LogP contribution in [0.5, 0.6) is 0 Å². The van der Waals surface area contributed by atoms with E-state index in [0.717, 1.165) is 6.07 Å². The SMILES string of the molecule is CC(O)c1cc(F)cc(F)c1BO. The summed E-state index contributed by atoms with van der Waals surface area (Å²) in [4.78, 5) is 0. The molecule has 1 aromatic carbocycles. The summed E-state index contributed by atoms with van der Waals surface area (Å²) >= 11 is 0. The minimum atomic E-state index is -0.993. The van der Waals surface area contributed by atoms with Crippen molar-refractivity contribution in [1.82, 2.24) is 0 Å². The molecule has 0 saturated heterocycles. The standard InChI is InChI=1S/C8H9BF2O2/c1-4(12)6-2-5(10)3-7(11)8(6)9-13/h2-4,9,12-13H,1H3. The first-order chi connectivity index (χ1) is 6.06. The molecule has 0 saturated carbocycles. The molecule has 2 N–H and O–H groups in total. The molecule has 1 rings (SSSR count). The third-order valence-corrected chi connectivity index (χ3v) is 1.80. The fourth-order valence-corrected chi connectivity index (χ4v) is 1.16. The van der Waals surface area contributed by atoms with Crippen molar-refractivity contribution in [2.75, 3.05) is 0 Å². The first kappa shape index (κ1) is 10.1. The lowest BCUT2D eigenvalue weighted by Gasteiger charge is -2.10. The number of benzene rings is 1. The van der Waals surface area contributed by atoms with Crippen LogP contribution in [0.3, 0.4) is 0 Å². The zero-order valence-corrected chi connectivity index (χ0v) is 7.09. The van der Waals surface area contributed by atoms with Crippen molar-refractivity contribution >= 4 is 12.9 Å². The lowest BCUT2D eigenvalue weighted by atomic mass is 9.82. The van der Waals surface area contributed by atoms with E-state index in [1.807, 2.05) is 0 Å². The molecule has 0 amide bonds. The number of aliphatic hydroxyl groups is 1. The van der Waals surface area contributed by atoms with Crippen LogP contribution in [0.1, 0.15) is 18.6 Å². The van der Waals surface area contributed by atoms with E-state index in [1.54, 1.807) is 0 Å².